The molecule has 31 heavy (non-hydrogen) atoms. The summed E-state index contributed by atoms with van der Waals surface area (Å²) < 4.78 is 14.1. The fraction of sp³-hybridized carbons (Fsp3) is 0.250. The summed E-state index contributed by atoms with van der Waals surface area (Å²) in [7, 11) is 2.05. The summed E-state index contributed by atoms with van der Waals surface area (Å²) in [6.45, 7) is 1.77. The molecule has 156 valence electrons. The predicted molar refractivity (Wildman–Crippen MR) is 127 cm³/mol. The van der Waals surface area contributed by atoms with Gasteiger partial charge in [0.1, 0.15) is 13.7 Å². The molecule has 0 bridgehead atoms. The van der Waals surface area contributed by atoms with E-state index >= 15 is 0 Å². The molecule has 0 aromatic heterocycles. The van der Waals surface area contributed by atoms with Crippen LogP contribution in [0.1, 0.15) is 28.8 Å². The number of fused-ring (bicyclic) bond motifs is 2. The van der Waals surface area contributed by atoms with E-state index in [1.54, 1.807) is 17.8 Å². The zero-order valence-electron chi connectivity index (χ0n) is 17.3. The molecule has 0 spiro atoms. The number of benzene rings is 2. The number of amides is 1. The number of nitrogens with zero attached hydrogens (tertiary/aromatic N) is 2. The molecule has 3 aliphatic rings. The van der Waals surface area contributed by atoms with Gasteiger partial charge in [-0.2, -0.15) is 0 Å². The Kier molecular flexibility index (Phi) is 5.55. The average Bonchev–Trinajstić information content (AvgIpc) is 3.20. The number of halogens is 1. The minimum Gasteiger partial charge on any atom is -0.285 e. The van der Waals surface area contributed by atoms with Crippen molar-refractivity contribution in [2.75, 3.05) is 13.1 Å². The van der Waals surface area contributed by atoms with Crippen molar-refractivity contribution in [2.45, 2.75) is 23.0 Å². The van der Waals surface area contributed by atoms with Gasteiger partial charge in [-0.25, -0.2) is 9.40 Å². The van der Waals surface area contributed by atoms with Crippen LogP contribution in [0.25, 0.3) is 0 Å². The van der Waals surface area contributed by atoms with Gasteiger partial charge in [0, 0.05) is 34.7 Å². The van der Waals surface area contributed by atoms with Crippen LogP contribution >= 0.6 is 11.8 Å². The molecule has 0 radical (unpaired) electrons. The first-order chi connectivity index (χ1) is 15.1. The molecule has 4 nitrogen and oxygen atoms in total. The second kappa shape index (κ2) is 8.48. The summed E-state index contributed by atoms with van der Waals surface area (Å²) in [5, 5.41) is 1.88. The fourth-order valence-corrected chi connectivity index (χ4v) is 5.50. The maximum Gasteiger partial charge on any atom is 0.265 e. The Morgan fingerprint density at radius 3 is 2.84 bits per heavy atom. The van der Waals surface area contributed by atoms with E-state index in [-0.39, 0.29) is 22.9 Å². The molecule has 1 saturated heterocycles. The van der Waals surface area contributed by atoms with Crippen LogP contribution in [0.5, 0.6) is 0 Å². The highest BCUT2D eigenvalue weighted by Crippen LogP contribution is 2.43. The topological polar surface area (TPSA) is 44.7 Å². The van der Waals surface area contributed by atoms with E-state index in [9.17, 15) is 9.18 Å². The van der Waals surface area contributed by atoms with Crippen molar-refractivity contribution in [2.24, 2.45) is 10.9 Å². The van der Waals surface area contributed by atoms with Crippen molar-refractivity contribution in [1.29, 1.82) is 0 Å². The summed E-state index contributed by atoms with van der Waals surface area (Å²) in [6.07, 6.45) is 7.31. The highest BCUT2D eigenvalue weighted by Gasteiger charge is 2.31. The van der Waals surface area contributed by atoms with Crippen molar-refractivity contribution in [3.63, 3.8) is 0 Å². The molecule has 0 saturated carbocycles. The van der Waals surface area contributed by atoms with Crippen molar-refractivity contribution in [1.82, 2.24) is 10.4 Å². The highest BCUT2D eigenvalue weighted by molar-refractivity contribution is 8.00. The molecular weight excluding hydrogens is 408 g/mol. The van der Waals surface area contributed by atoms with Gasteiger partial charge in [-0.1, -0.05) is 35.8 Å². The van der Waals surface area contributed by atoms with Gasteiger partial charge in [-0.3, -0.25) is 15.2 Å². The van der Waals surface area contributed by atoms with E-state index in [0.717, 1.165) is 53.3 Å². The molecule has 7 heteroatoms. The molecule has 2 aliphatic heterocycles. The minimum absolute atomic E-state index is 0.0411. The smallest absolute Gasteiger partial charge is 0.265 e. The lowest BCUT2D eigenvalue weighted by atomic mass is 9.87. The van der Waals surface area contributed by atoms with Gasteiger partial charge in [-0.15, -0.1) is 11.8 Å². The third-order valence-corrected chi connectivity index (χ3v) is 7.16. The van der Waals surface area contributed by atoms with Gasteiger partial charge in [0.2, 0.25) is 0 Å². The second-order valence-corrected chi connectivity index (χ2v) is 9.42. The van der Waals surface area contributed by atoms with Crippen molar-refractivity contribution in [3.8, 4) is 0 Å². The van der Waals surface area contributed by atoms with E-state index in [0.29, 0.717) is 5.56 Å². The lowest BCUT2D eigenvalue weighted by Crippen LogP contribution is -2.39. The van der Waals surface area contributed by atoms with E-state index in [2.05, 4.69) is 25.4 Å². The molecule has 1 aliphatic carbocycles. The summed E-state index contributed by atoms with van der Waals surface area (Å²) in [6, 6.07) is 13.8. The van der Waals surface area contributed by atoms with Crippen LogP contribution in [0.3, 0.4) is 0 Å². The highest BCUT2D eigenvalue weighted by atomic mass is 32.2. The second-order valence-electron chi connectivity index (χ2n) is 8.20. The Morgan fingerprint density at radius 1 is 1.19 bits per heavy atom. The Bertz CT molecular complexity index is 1120. The van der Waals surface area contributed by atoms with E-state index in [1.807, 2.05) is 41.4 Å². The number of hydrazine groups is 1. The van der Waals surface area contributed by atoms with Crippen molar-refractivity contribution < 1.29 is 9.18 Å². The molecule has 2 aromatic rings. The number of thioether (sulfide) groups is 1. The average molecular weight is 431 g/mol. The molecule has 2 atom stereocenters. The van der Waals surface area contributed by atoms with Crippen LogP contribution < -0.4 is 10.9 Å². The monoisotopic (exact) mass is 431 g/mol. The van der Waals surface area contributed by atoms with Crippen molar-refractivity contribution >= 4 is 42.4 Å². The zero-order valence-corrected chi connectivity index (χ0v) is 18.2. The summed E-state index contributed by atoms with van der Waals surface area (Å²) in [4.78, 5) is 18.8. The Hall–Kier alpha value is -2.64. The van der Waals surface area contributed by atoms with Crippen LogP contribution in [-0.4, -0.2) is 42.8 Å². The van der Waals surface area contributed by atoms with E-state index < -0.39 is 0 Å². The number of allylic oxidation sites excluding steroid dienone is 3. The molecule has 5 rings (SSSR count). The van der Waals surface area contributed by atoms with E-state index in [1.165, 1.54) is 6.08 Å². The maximum absolute atomic E-state index is 14.1. The largest absolute Gasteiger partial charge is 0.285 e. The number of carbonyl (C=O) groups is 1. The SMILES string of the molecule is Bc1cccc(C2=Nc3cc(C(=O)NN4CCCC4)ccc3SC3C=C(F)C=CC23)c1. The van der Waals surface area contributed by atoms with Gasteiger partial charge in [0.05, 0.1) is 11.4 Å². The number of aliphatic imine (C=N–C) groups is 1. The minimum atomic E-state index is -0.220. The molecular formula is C24H23BFN3OS. The Morgan fingerprint density at radius 2 is 2.03 bits per heavy atom. The number of hydrogen-bond acceptors (Lipinski definition) is 4. The molecule has 1 N–H and O–H groups in total. The van der Waals surface area contributed by atoms with Gasteiger partial charge >= 0.3 is 0 Å². The molecule has 2 heterocycles. The third kappa shape index (κ3) is 4.25. The number of hydrogen-bond donors (Lipinski definition) is 1. The normalized spacial score (nSPS) is 22.7. The molecule has 2 aromatic carbocycles. The molecule has 2 unspecified atom stereocenters. The van der Waals surface area contributed by atoms with Crippen LogP contribution in [-0.2, 0) is 0 Å². The standard InChI is InChI=1S/C24H23BFN3OS/c25-17-5-3-4-15(12-17)23-19-8-7-18(26)14-22(19)31-21-9-6-16(13-20(21)27-23)24(30)28-29-10-1-2-11-29/h3-9,12-14,19,22H,1-2,10-11,25H2,(H,28,30). The van der Waals surface area contributed by atoms with Crippen LogP contribution in [0.4, 0.5) is 10.1 Å². The Balaban J connectivity index is 1.55. The first kappa shape index (κ1) is 20.3. The lowest BCUT2D eigenvalue weighted by molar-refractivity contribution is 0.0826. The fourth-order valence-electron chi connectivity index (χ4n) is 4.27. The first-order valence-electron chi connectivity index (χ1n) is 10.6. The van der Waals surface area contributed by atoms with Gasteiger partial charge < -0.3 is 0 Å². The molecule has 1 amide bonds. The number of nitrogens with one attached hydrogen (secondary N) is 1. The first-order valence-corrected chi connectivity index (χ1v) is 11.5. The van der Waals surface area contributed by atoms with Gasteiger partial charge in [0.15, 0.2) is 0 Å². The Labute approximate surface area is 186 Å². The number of carbonyl (C=O) groups excluding carboxylic acids is 1. The van der Waals surface area contributed by atoms with Crippen LogP contribution in [0, 0.1) is 5.92 Å². The maximum atomic E-state index is 14.1. The van der Waals surface area contributed by atoms with Crippen LogP contribution in [0.15, 0.2) is 76.4 Å². The summed E-state index contributed by atoms with van der Waals surface area (Å²) >= 11 is 1.60. The lowest BCUT2D eigenvalue weighted by Gasteiger charge is -2.24. The zero-order chi connectivity index (χ0) is 21.4. The quantitative estimate of drug-likeness (QED) is 0.759. The van der Waals surface area contributed by atoms with Crippen LogP contribution in [0.2, 0.25) is 0 Å². The summed E-state index contributed by atoms with van der Waals surface area (Å²) in [5.41, 5.74) is 7.40. The third-order valence-electron chi connectivity index (χ3n) is 5.86. The van der Waals surface area contributed by atoms with Gasteiger partial charge in [0.25, 0.3) is 5.91 Å². The van der Waals surface area contributed by atoms with E-state index in [4.69, 9.17) is 4.99 Å². The van der Waals surface area contributed by atoms with Gasteiger partial charge in [-0.05, 0) is 48.8 Å². The summed E-state index contributed by atoms with van der Waals surface area (Å²) in [5.74, 6) is -0.377. The molecule has 1 fully saturated rings. The number of rotatable bonds is 3. The van der Waals surface area contributed by atoms with Crippen molar-refractivity contribution in [3.05, 3.63) is 77.6 Å². The predicted octanol–water partition coefficient (Wildman–Crippen LogP) is 3.32.